The zero-order chi connectivity index (χ0) is 18.8. The average molecular weight is 440 g/mol. The third kappa shape index (κ3) is 3.84. The molecule has 0 aliphatic carbocycles. The van der Waals surface area contributed by atoms with Crippen molar-refractivity contribution in [3.05, 3.63) is 80.4 Å². The van der Waals surface area contributed by atoms with Gasteiger partial charge in [-0.05, 0) is 58.3 Å². The van der Waals surface area contributed by atoms with Crippen molar-refractivity contribution in [2.75, 3.05) is 5.32 Å². The van der Waals surface area contributed by atoms with Gasteiger partial charge in [0.25, 0.3) is 5.56 Å². The van der Waals surface area contributed by atoms with E-state index in [4.69, 9.17) is 0 Å². The number of carbonyl (C=O) groups excluding carboxylic acids is 1. The predicted molar refractivity (Wildman–Crippen MR) is 112 cm³/mol. The van der Waals surface area contributed by atoms with E-state index in [0.29, 0.717) is 16.6 Å². The molecule has 0 saturated heterocycles. The number of nitrogens with one attached hydrogen (secondary N) is 1. The molecule has 4 rings (SSSR count). The smallest absolute Gasteiger partial charge is 0.261 e. The molecule has 2 aromatic carbocycles. The van der Waals surface area contributed by atoms with Crippen molar-refractivity contribution in [1.82, 2.24) is 9.55 Å². The van der Waals surface area contributed by atoms with Crippen LogP contribution >= 0.6 is 27.3 Å². The van der Waals surface area contributed by atoms with Gasteiger partial charge >= 0.3 is 0 Å². The Labute approximate surface area is 167 Å². The topological polar surface area (TPSA) is 64.0 Å². The van der Waals surface area contributed by atoms with Crippen molar-refractivity contribution in [2.24, 2.45) is 0 Å². The van der Waals surface area contributed by atoms with Gasteiger partial charge in [-0.2, -0.15) is 11.3 Å². The molecular weight excluding hydrogens is 426 g/mol. The lowest BCUT2D eigenvalue weighted by atomic mass is 10.1. The summed E-state index contributed by atoms with van der Waals surface area (Å²) < 4.78 is 2.11. The van der Waals surface area contributed by atoms with Gasteiger partial charge < -0.3 is 5.32 Å². The van der Waals surface area contributed by atoms with Crippen molar-refractivity contribution in [3.8, 4) is 11.1 Å². The van der Waals surface area contributed by atoms with Crippen molar-refractivity contribution in [1.29, 1.82) is 0 Å². The molecule has 1 N–H and O–H groups in total. The minimum absolute atomic E-state index is 0.100. The number of anilines is 1. The van der Waals surface area contributed by atoms with Crippen molar-refractivity contribution in [2.45, 2.75) is 6.54 Å². The van der Waals surface area contributed by atoms with E-state index < -0.39 is 0 Å². The number of aromatic nitrogens is 2. The minimum Gasteiger partial charge on any atom is -0.325 e. The molecule has 7 heteroatoms. The van der Waals surface area contributed by atoms with E-state index in [0.717, 1.165) is 15.6 Å². The standard InChI is InChI=1S/C20H14BrN3O2S/c21-15-4-5-18-17(9-15)20(26)24(12-22-18)10-19(25)23-16-3-1-2-13(8-16)14-6-7-27-11-14/h1-9,11-12H,10H2,(H,23,25). The molecule has 0 aliphatic heterocycles. The van der Waals surface area contributed by atoms with Crippen LogP contribution in [0, 0.1) is 0 Å². The third-order valence-electron chi connectivity index (χ3n) is 4.10. The van der Waals surface area contributed by atoms with Crippen LogP contribution in [0.25, 0.3) is 22.0 Å². The fourth-order valence-electron chi connectivity index (χ4n) is 2.80. The molecule has 1 amide bonds. The van der Waals surface area contributed by atoms with Gasteiger partial charge in [0.05, 0.1) is 17.2 Å². The third-order valence-corrected chi connectivity index (χ3v) is 5.28. The summed E-state index contributed by atoms with van der Waals surface area (Å²) in [5, 5.41) is 7.39. The Morgan fingerprint density at radius 2 is 2.04 bits per heavy atom. The van der Waals surface area contributed by atoms with E-state index in [9.17, 15) is 9.59 Å². The Hall–Kier alpha value is -2.77. The molecule has 0 unspecified atom stereocenters. The highest BCUT2D eigenvalue weighted by Gasteiger charge is 2.09. The number of carbonyl (C=O) groups is 1. The number of hydrogen-bond acceptors (Lipinski definition) is 4. The van der Waals surface area contributed by atoms with Crippen LogP contribution in [0.2, 0.25) is 0 Å². The van der Waals surface area contributed by atoms with Crippen molar-refractivity contribution >= 4 is 49.8 Å². The molecule has 27 heavy (non-hydrogen) atoms. The highest BCUT2D eigenvalue weighted by molar-refractivity contribution is 9.10. The monoisotopic (exact) mass is 439 g/mol. The zero-order valence-corrected chi connectivity index (χ0v) is 16.5. The summed E-state index contributed by atoms with van der Waals surface area (Å²) in [4.78, 5) is 29.3. The van der Waals surface area contributed by atoms with Crippen LogP contribution < -0.4 is 10.9 Å². The molecular formula is C20H14BrN3O2S. The van der Waals surface area contributed by atoms with Gasteiger partial charge in [0.15, 0.2) is 0 Å². The van der Waals surface area contributed by atoms with E-state index in [1.807, 2.05) is 41.8 Å². The Morgan fingerprint density at radius 3 is 2.85 bits per heavy atom. The zero-order valence-electron chi connectivity index (χ0n) is 14.1. The second kappa shape index (κ2) is 7.46. The Balaban J connectivity index is 1.55. The molecule has 2 aromatic heterocycles. The van der Waals surface area contributed by atoms with Crippen LogP contribution in [0.5, 0.6) is 0 Å². The average Bonchev–Trinajstić information content (AvgIpc) is 3.19. The number of amides is 1. The summed E-state index contributed by atoms with van der Waals surface area (Å²) in [6, 6.07) is 15.0. The molecule has 0 fully saturated rings. The van der Waals surface area contributed by atoms with Gasteiger partial charge in [-0.25, -0.2) is 4.98 Å². The molecule has 0 radical (unpaired) electrons. The molecule has 0 aliphatic rings. The second-order valence-electron chi connectivity index (χ2n) is 5.98. The summed E-state index contributed by atoms with van der Waals surface area (Å²) in [5.41, 5.74) is 3.18. The lowest BCUT2D eigenvalue weighted by molar-refractivity contribution is -0.116. The van der Waals surface area contributed by atoms with Crippen molar-refractivity contribution in [3.63, 3.8) is 0 Å². The Bertz CT molecular complexity index is 1190. The summed E-state index contributed by atoms with van der Waals surface area (Å²) >= 11 is 4.98. The molecule has 4 aromatic rings. The van der Waals surface area contributed by atoms with Gasteiger partial charge in [0, 0.05) is 10.2 Å². The van der Waals surface area contributed by atoms with Gasteiger partial charge in [0.1, 0.15) is 6.54 Å². The SMILES string of the molecule is O=C(Cn1cnc2ccc(Br)cc2c1=O)Nc1cccc(-c2ccsc2)c1. The van der Waals surface area contributed by atoms with Crippen LogP contribution in [-0.4, -0.2) is 15.5 Å². The maximum Gasteiger partial charge on any atom is 0.261 e. The van der Waals surface area contributed by atoms with Crippen LogP contribution in [0.15, 0.2) is 74.9 Å². The number of fused-ring (bicyclic) bond motifs is 1. The first kappa shape index (κ1) is 17.6. The molecule has 0 saturated carbocycles. The largest absolute Gasteiger partial charge is 0.325 e. The normalized spacial score (nSPS) is 10.9. The summed E-state index contributed by atoms with van der Waals surface area (Å²) in [5.74, 6) is -0.282. The second-order valence-corrected chi connectivity index (χ2v) is 7.68. The van der Waals surface area contributed by atoms with Crippen LogP contribution in [0.4, 0.5) is 5.69 Å². The highest BCUT2D eigenvalue weighted by atomic mass is 79.9. The van der Waals surface area contributed by atoms with E-state index in [2.05, 4.69) is 31.6 Å². The summed E-state index contributed by atoms with van der Waals surface area (Å²) in [7, 11) is 0. The van der Waals surface area contributed by atoms with E-state index in [-0.39, 0.29) is 18.0 Å². The summed E-state index contributed by atoms with van der Waals surface area (Å²) in [6.07, 6.45) is 1.40. The lowest BCUT2D eigenvalue weighted by Gasteiger charge is -2.09. The van der Waals surface area contributed by atoms with Gasteiger partial charge in [-0.3, -0.25) is 14.2 Å². The van der Waals surface area contributed by atoms with E-state index in [1.54, 1.807) is 23.5 Å². The minimum atomic E-state index is -0.282. The molecule has 5 nitrogen and oxygen atoms in total. The molecule has 0 bridgehead atoms. The summed E-state index contributed by atoms with van der Waals surface area (Å²) in [6.45, 7) is -0.100. The number of hydrogen-bond donors (Lipinski definition) is 1. The van der Waals surface area contributed by atoms with E-state index in [1.165, 1.54) is 10.9 Å². The maximum atomic E-state index is 12.6. The first-order chi connectivity index (χ1) is 13.1. The fraction of sp³-hybridized carbons (Fsp3) is 0.0500. The molecule has 0 atom stereocenters. The van der Waals surface area contributed by atoms with Crippen LogP contribution in [0.1, 0.15) is 0 Å². The van der Waals surface area contributed by atoms with E-state index >= 15 is 0 Å². The van der Waals surface area contributed by atoms with Crippen LogP contribution in [-0.2, 0) is 11.3 Å². The molecule has 0 spiro atoms. The predicted octanol–water partition coefficient (Wildman–Crippen LogP) is 4.53. The van der Waals surface area contributed by atoms with Gasteiger partial charge in [-0.1, -0.05) is 28.1 Å². The first-order valence-corrected chi connectivity index (χ1v) is 9.91. The fourth-order valence-corrected chi connectivity index (χ4v) is 3.83. The van der Waals surface area contributed by atoms with Gasteiger partial charge in [0.2, 0.25) is 5.91 Å². The quantitative estimate of drug-likeness (QED) is 0.508. The number of halogens is 1. The number of benzene rings is 2. The Morgan fingerprint density at radius 1 is 1.15 bits per heavy atom. The molecule has 134 valence electrons. The van der Waals surface area contributed by atoms with Crippen molar-refractivity contribution < 1.29 is 4.79 Å². The lowest BCUT2D eigenvalue weighted by Crippen LogP contribution is -2.27. The maximum absolute atomic E-state index is 12.6. The van der Waals surface area contributed by atoms with Gasteiger partial charge in [-0.15, -0.1) is 0 Å². The number of rotatable bonds is 4. The Kier molecular flexibility index (Phi) is 4.87. The highest BCUT2D eigenvalue weighted by Crippen LogP contribution is 2.24. The first-order valence-electron chi connectivity index (χ1n) is 8.17. The number of nitrogens with zero attached hydrogens (tertiary/aromatic N) is 2. The van der Waals surface area contributed by atoms with Crippen LogP contribution in [0.3, 0.4) is 0 Å². The number of thiophene rings is 1. The molecule has 2 heterocycles.